The van der Waals surface area contributed by atoms with E-state index in [9.17, 15) is 0 Å². The minimum Gasteiger partial charge on any atom is -0.489 e. The van der Waals surface area contributed by atoms with Crippen molar-refractivity contribution in [3.05, 3.63) is 59.7 Å². The lowest BCUT2D eigenvalue weighted by atomic mass is 10.2. The van der Waals surface area contributed by atoms with Crippen molar-refractivity contribution < 1.29 is 9.15 Å². The van der Waals surface area contributed by atoms with Crippen LogP contribution in [0, 0.1) is 6.92 Å². The normalized spacial score (nSPS) is 10.9. The van der Waals surface area contributed by atoms with Crippen molar-refractivity contribution >= 4 is 10.9 Å². The lowest BCUT2D eigenvalue weighted by Crippen LogP contribution is -1.96. The van der Waals surface area contributed by atoms with E-state index in [1.165, 1.54) is 0 Å². The topological polar surface area (TPSA) is 61.3 Å². The van der Waals surface area contributed by atoms with Crippen LogP contribution in [0.1, 0.15) is 17.1 Å². The molecule has 0 spiro atoms. The molecule has 0 aliphatic rings. The van der Waals surface area contributed by atoms with Gasteiger partial charge in [0.15, 0.2) is 0 Å². The van der Waals surface area contributed by atoms with Gasteiger partial charge < -0.3 is 14.9 Å². The third-order valence-electron chi connectivity index (χ3n) is 3.24. The first-order valence-corrected chi connectivity index (χ1v) is 6.52. The van der Waals surface area contributed by atoms with Crippen LogP contribution in [0.5, 0.6) is 5.75 Å². The molecule has 102 valence electrons. The molecular formula is C16H16N2O2. The summed E-state index contributed by atoms with van der Waals surface area (Å²) >= 11 is 0. The number of furan rings is 1. The number of nitrogens with two attached hydrogens (primary N) is 1. The molecule has 0 aliphatic heterocycles. The molecule has 1 aromatic carbocycles. The van der Waals surface area contributed by atoms with Crippen molar-refractivity contribution in [2.24, 2.45) is 5.73 Å². The van der Waals surface area contributed by atoms with Gasteiger partial charge in [-0.05, 0) is 31.2 Å². The fourth-order valence-electron chi connectivity index (χ4n) is 2.13. The Morgan fingerprint density at radius 2 is 2.15 bits per heavy atom. The SMILES string of the molecule is Cc1oc(CN)cc1COc1ccc2cccnc2c1. The maximum absolute atomic E-state index is 5.80. The first-order chi connectivity index (χ1) is 9.76. The molecule has 0 saturated carbocycles. The number of pyridine rings is 1. The van der Waals surface area contributed by atoms with E-state index < -0.39 is 0 Å². The zero-order valence-corrected chi connectivity index (χ0v) is 11.3. The van der Waals surface area contributed by atoms with E-state index in [4.69, 9.17) is 14.9 Å². The van der Waals surface area contributed by atoms with Crippen molar-refractivity contribution in [3.8, 4) is 5.75 Å². The first kappa shape index (κ1) is 12.7. The van der Waals surface area contributed by atoms with Gasteiger partial charge in [0.05, 0.1) is 12.1 Å². The highest BCUT2D eigenvalue weighted by molar-refractivity contribution is 5.79. The average Bonchev–Trinajstić information content (AvgIpc) is 2.85. The molecule has 0 unspecified atom stereocenters. The average molecular weight is 268 g/mol. The van der Waals surface area contributed by atoms with E-state index >= 15 is 0 Å². The maximum Gasteiger partial charge on any atom is 0.122 e. The summed E-state index contributed by atoms with van der Waals surface area (Å²) in [5.74, 6) is 2.43. The van der Waals surface area contributed by atoms with Crippen molar-refractivity contribution in [1.82, 2.24) is 4.98 Å². The van der Waals surface area contributed by atoms with Gasteiger partial charge in [-0.3, -0.25) is 4.98 Å². The van der Waals surface area contributed by atoms with E-state index in [-0.39, 0.29) is 0 Å². The van der Waals surface area contributed by atoms with E-state index in [0.29, 0.717) is 13.2 Å². The standard InChI is InChI=1S/C16H16N2O2/c1-11-13(7-15(9-17)20-11)10-19-14-5-4-12-3-2-6-18-16(12)8-14/h2-8H,9-10,17H2,1H3. The fourth-order valence-corrected chi connectivity index (χ4v) is 2.13. The van der Waals surface area contributed by atoms with E-state index in [1.54, 1.807) is 6.20 Å². The van der Waals surface area contributed by atoms with Crippen molar-refractivity contribution in [2.45, 2.75) is 20.1 Å². The highest BCUT2D eigenvalue weighted by atomic mass is 16.5. The molecule has 4 heteroatoms. The number of rotatable bonds is 4. The number of hydrogen-bond acceptors (Lipinski definition) is 4. The predicted molar refractivity (Wildman–Crippen MR) is 77.4 cm³/mol. The van der Waals surface area contributed by atoms with Crippen LogP contribution in [0.3, 0.4) is 0 Å². The second-order valence-corrected chi connectivity index (χ2v) is 4.64. The summed E-state index contributed by atoms with van der Waals surface area (Å²) in [5.41, 5.74) is 7.51. The Hall–Kier alpha value is -2.33. The summed E-state index contributed by atoms with van der Waals surface area (Å²) in [5, 5.41) is 1.10. The third kappa shape index (κ3) is 2.51. The van der Waals surface area contributed by atoms with Gasteiger partial charge in [0.2, 0.25) is 0 Å². The molecule has 3 rings (SSSR count). The van der Waals surface area contributed by atoms with Crippen LogP contribution in [-0.4, -0.2) is 4.98 Å². The first-order valence-electron chi connectivity index (χ1n) is 6.52. The molecule has 0 atom stereocenters. The fraction of sp³-hybridized carbons (Fsp3) is 0.188. The van der Waals surface area contributed by atoms with Gasteiger partial charge in [0, 0.05) is 23.2 Å². The number of aryl methyl sites for hydroxylation is 1. The van der Waals surface area contributed by atoms with Gasteiger partial charge in [-0.25, -0.2) is 0 Å². The predicted octanol–water partition coefficient (Wildman–Crippen LogP) is 3.17. The summed E-state index contributed by atoms with van der Waals surface area (Å²) in [4.78, 5) is 4.32. The van der Waals surface area contributed by atoms with Crippen LogP contribution in [0.4, 0.5) is 0 Å². The zero-order chi connectivity index (χ0) is 13.9. The van der Waals surface area contributed by atoms with E-state index in [2.05, 4.69) is 4.98 Å². The van der Waals surface area contributed by atoms with Crippen LogP contribution in [-0.2, 0) is 13.2 Å². The zero-order valence-electron chi connectivity index (χ0n) is 11.3. The maximum atomic E-state index is 5.80. The van der Waals surface area contributed by atoms with Crippen molar-refractivity contribution in [3.63, 3.8) is 0 Å². The molecular weight excluding hydrogens is 252 g/mol. The van der Waals surface area contributed by atoms with Crippen LogP contribution >= 0.6 is 0 Å². The molecule has 0 saturated heterocycles. The molecule has 2 N–H and O–H groups in total. The third-order valence-corrected chi connectivity index (χ3v) is 3.24. The molecule has 0 radical (unpaired) electrons. The van der Waals surface area contributed by atoms with Gasteiger partial charge in [0.1, 0.15) is 23.9 Å². The Morgan fingerprint density at radius 3 is 2.95 bits per heavy atom. The van der Waals surface area contributed by atoms with Gasteiger partial charge in [-0.2, -0.15) is 0 Å². The lowest BCUT2D eigenvalue weighted by molar-refractivity contribution is 0.303. The Labute approximate surface area is 117 Å². The summed E-state index contributed by atoms with van der Waals surface area (Å²) in [7, 11) is 0. The highest BCUT2D eigenvalue weighted by Gasteiger charge is 2.07. The van der Waals surface area contributed by atoms with Crippen LogP contribution in [0.25, 0.3) is 10.9 Å². The highest BCUT2D eigenvalue weighted by Crippen LogP contribution is 2.21. The Morgan fingerprint density at radius 1 is 1.25 bits per heavy atom. The molecule has 4 nitrogen and oxygen atoms in total. The minimum absolute atomic E-state index is 0.404. The number of aromatic nitrogens is 1. The monoisotopic (exact) mass is 268 g/mol. The number of benzene rings is 1. The Bertz CT molecular complexity index is 734. The molecule has 0 amide bonds. The van der Waals surface area contributed by atoms with Gasteiger partial charge >= 0.3 is 0 Å². The molecule has 2 aromatic heterocycles. The second kappa shape index (κ2) is 5.35. The smallest absolute Gasteiger partial charge is 0.122 e. The molecule has 20 heavy (non-hydrogen) atoms. The van der Waals surface area contributed by atoms with Crippen LogP contribution in [0.2, 0.25) is 0 Å². The lowest BCUT2D eigenvalue weighted by Gasteiger charge is -2.06. The van der Waals surface area contributed by atoms with Crippen molar-refractivity contribution in [2.75, 3.05) is 0 Å². The number of fused-ring (bicyclic) bond motifs is 1. The molecule has 0 fully saturated rings. The molecule has 0 aliphatic carbocycles. The van der Waals surface area contributed by atoms with Crippen LogP contribution in [0.15, 0.2) is 47.0 Å². The quantitative estimate of drug-likeness (QED) is 0.789. The van der Waals surface area contributed by atoms with Gasteiger partial charge in [-0.1, -0.05) is 6.07 Å². The van der Waals surface area contributed by atoms with E-state index in [1.807, 2.05) is 43.3 Å². The number of ether oxygens (including phenoxy) is 1. The minimum atomic E-state index is 0.404. The van der Waals surface area contributed by atoms with Gasteiger partial charge in [0.25, 0.3) is 0 Å². The second-order valence-electron chi connectivity index (χ2n) is 4.64. The number of hydrogen-bond donors (Lipinski definition) is 1. The summed E-state index contributed by atoms with van der Waals surface area (Å²) in [6.45, 7) is 2.79. The molecule has 0 bridgehead atoms. The molecule has 2 heterocycles. The molecule has 3 aromatic rings. The largest absolute Gasteiger partial charge is 0.489 e. The summed E-state index contributed by atoms with van der Waals surface area (Å²) < 4.78 is 11.3. The van der Waals surface area contributed by atoms with E-state index in [0.717, 1.165) is 33.7 Å². The van der Waals surface area contributed by atoms with Crippen LogP contribution < -0.4 is 10.5 Å². The number of nitrogens with zero attached hydrogens (tertiary/aromatic N) is 1. The van der Waals surface area contributed by atoms with Gasteiger partial charge in [-0.15, -0.1) is 0 Å². The van der Waals surface area contributed by atoms with Crippen molar-refractivity contribution in [1.29, 1.82) is 0 Å². The Balaban J connectivity index is 1.77. The summed E-state index contributed by atoms with van der Waals surface area (Å²) in [6, 6.07) is 11.8. The Kier molecular flexibility index (Phi) is 3.39. The summed E-state index contributed by atoms with van der Waals surface area (Å²) in [6.07, 6.45) is 1.78.